The highest BCUT2D eigenvalue weighted by Crippen LogP contribution is 2.05. The summed E-state index contributed by atoms with van der Waals surface area (Å²) in [5.41, 5.74) is 0. The van der Waals surface area contributed by atoms with E-state index in [2.05, 4.69) is 5.32 Å². The lowest BCUT2D eigenvalue weighted by Crippen LogP contribution is -2.44. The fraction of sp³-hybridized carbons (Fsp3) is 0.750. The molecular weight excluding hydrogens is 252 g/mol. The third-order valence-corrected chi connectivity index (χ3v) is 3.30. The van der Waals surface area contributed by atoms with Gasteiger partial charge in [0, 0.05) is 14.1 Å². The smallest absolute Gasteiger partial charge is 0.232 e. The highest BCUT2D eigenvalue weighted by molar-refractivity contribution is 8.00. The number of hydrogen-bond donors (Lipinski definition) is 1. The number of thioether (sulfide) groups is 1. The van der Waals surface area contributed by atoms with Gasteiger partial charge in [0.15, 0.2) is 5.78 Å². The minimum absolute atomic E-state index is 0.0280. The van der Waals surface area contributed by atoms with Crippen LogP contribution in [0.4, 0.5) is 0 Å². The van der Waals surface area contributed by atoms with Crippen LogP contribution in [0.3, 0.4) is 0 Å². The van der Waals surface area contributed by atoms with Crippen LogP contribution in [0.5, 0.6) is 0 Å². The average molecular weight is 274 g/mol. The summed E-state index contributed by atoms with van der Waals surface area (Å²) >= 11 is 1.25. The van der Waals surface area contributed by atoms with Crippen molar-refractivity contribution in [1.29, 1.82) is 0 Å². The average Bonchev–Trinajstić information content (AvgIpc) is 2.24. The van der Waals surface area contributed by atoms with Gasteiger partial charge in [-0.3, -0.25) is 14.4 Å². The van der Waals surface area contributed by atoms with Crippen LogP contribution in [0, 0.1) is 5.92 Å². The van der Waals surface area contributed by atoms with Crippen molar-refractivity contribution in [2.75, 3.05) is 25.6 Å². The quantitative estimate of drug-likeness (QED) is 0.736. The Balaban J connectivity index is 4.04. The van der Waals surface area contributed by atoms with Crippen molar-refractivity contribution in [3.63, 3.8) is 0 Å². The Morgan fingerprint density at radius 1 is 1.17 bits per heavy atom. The van der Waals surface area contributed by atoms with Gasteiger partial charge in [-0.2, -0.15) is 0 Å². The molecule has 0 aliphatic rings. The number of ketones is 1. The summed E-state index contributed by atoms with van der Waals surface area (Å²) in [6.45, 7) is 5.23. The summed E-state index contributed by atoms with van der Waals surface area (Å²) in [5, 5.41) is 2.68. The van der Waals surface area contributed by atoms with Crippen molar-refractivity contribution in [1.82, 2.24) is 10.2 Å². The number of Topliss-reactive ketones (excluding diaryl/α,β-unsaturated/α-hetero) is 1. The van der Waals surface area contributed by atoms with Gasteiger partial charge >= 0.3 is 0 Å². The largest absolute Gasteiger partial charge is 0.348 e. The maximum atomic E-state index is 11.6. The number of nitrogens with one attached hydrogen (secondary N) is 1. The number of nitrogens with zero attached hydrogens (tertiary/aromatic N) is 1. The molecule has 1 N–H and O–H groups in total. The van der Waals surface area contributed by atoms with E-state index in [0.717, 1.165) is 0 Å². The molecule has 0 bridgehead atoms. The molecule has 0 aromatic heterocycles. The Morgan fingerprint density at radius 3 is 2.11 bits per heavy atom. The zero-order valence-corrected chi connectivity index (χ0v) is 12.5. The second-order valence-corrected chi connectivity index (χ2v) is 5.67. The van der Waals surface area contributed by atoms with Crippen molar-refractivity contribution in [3.05, 3.63) is 0 Å². The summed E-state index contributed by atoms with van der Waals surface area (Å²) in [5.74, 6) is 0.246. The molecule has 1 atom stereocenters. The van der Waals surface area contributed by atoms with E-state index in [-0.39, 0.29) is 35.0 Å². The van der Waals surface area contributed by atoms with Gasteiger partial charge < -0.3 is 10.2 Å². The zero-order valence-electron chi connectivity index (χ0n) is 11.6. The number of carbonyl (C=O) groups is 3. The molecule has 0 aliphatic heterocycles. The summed E-state index contributed by atoms with van der Waals surface area (Å²) in [6, 6.07) is -0.442. The molecule has 0 spiro atoms. The highest BCUT2D eigenvalue weighted by Gasteiger charge is 2.20. The van der Waals surface area contributed by atoms with Crippen molar-refractivity contribution in [3.8, 4) is 0 Å². The van der Waals surface area contributed by atoms with Gasteiger partial charge in [-0.25, -0.2) is 0 Å². The Kier molecular flexibility index (Phi) is 7.66. The second-order valence-electron chi connectivity index (χ2n) is 4.68. The summed E-state index contributed by atoms with van der Waals surface area (Å²) in [7, 11) is 3.35. The number of hydrogen-bond acceptors (Lipinski definition) is 4. The number of carbonyl (C=O) groups excluding carboxylic acids is 3. The van der Waals surface area contributed by atoms with Crippen molar-refractivity contribution in [2.45, 2.75) is 26.8 Å². The van der Waals surface area contributed by atoms with Crippen LogP contribution in [-0.2, 0) is 14.4 Å². The van der Waals surface area contributed by atoms with Gasteiger partial charge in [-0.05, 0) is 12.8 Å². The Bertz CT molecular complexity index is 316. The molecular formula is C12H22N2O3S. The van der Waals surface area contributed by atoms with E-state index >= 15 is 0 Å². The third kappa shape index (κ3) is 6.64. The minimum Gasteiger partial charge on any atom is -0.348 e. The summed E-state index contributed by atoms with van der Waals surface area (Å²) in [6.07, 6.45) is 0. The standard InChI is InChI=1S/C12H22N2O3S/c1-8(2)12(9(3)15)13-10(16)6-18-7-11(17)14(4)5/h8,12H,6-7H2,1-5H3,(H,13,16). The van der Waals surface area contributed by atoms with Gasteiger partial charge in [0.2, 0.25) is 11.8 Å². The van der Waals surface area contributed by atoms with E-state index in [1.165, 1.54) is 23.6 Å². The molecule has 104 valence electrons. The predicted octanol–water partition coefficient (Wildman–Crippen LogP) is 0.538. The van der Waals surface area contributed by atoms with E-state index in [9.17, 15) is 14.4 Å². The Morgan fingerprint density at radius 2 is 1.72 bits per heavy atom. The van der Waals surface area contributed by atoms with Crippen LogP contribution in [0.25, 0.3) is 0 Å². The van der Waals surface area contributed by atoms with E-state index in [4.69, 9.17) is 0 Å². The lowest BCUT2D eigenvalue weighted by Gasteiger charge is -2.19. The van der Waals surface area contributed by atoms with E-state index < -0.39 is 6.04 Å². The lowest BCUT2D eigenvalue weighted by molar-refractivity contribution is -0.126. The number of amides is 2. The Labute approximate surface area is 113 Å². The van der Waals surface area contributed by atoms with Crippen LogP contribution in [0.15, 0.2) is 0 Å². The predicted molar refractivity (Wildman–Crippen MR) is 73.5 cm³/mol. The topological polar surface area (TPSA) is 66.5 Å². The minimum atomic E-state index is -0.442. The first-order valence-corrected chi connectivity index (χ1v) is 6.98. The van der Waals surface area contributed by atoms with Crippen LogP contribution in [-0.4, -0.2) is 54.1 Å². The fourth-order valence-electron chi connectivity index (χ4n) is 1.31. The van der Waals surface area contributed by atoms with Crippen LogP contribution < -0.4 is 5.32 Å². The third-order valence-electron chi connectivity index (χ3n) is 2.38. The molecule has 1 unspecified atom stereocenters. The molecule has 0 rings (SSSR count). The maximum Gasteiger partial charge on any atom is 0.232 e. The summed E-state index contributed by atoms with van der Waals surface area (Å²) < 4.78 is 0. The number of rotatable bonds is 7. The van der Waals surface area contributed by atoms with Crippen LogP contribution in [0.1, 0.15) is 20.8 Å². The molecule has 5 nitrogen and oxygen atoms in total. The van der Waals surface area contributed by atoms with Gasteiger partial charge in [-0.1, -0.05) is 13.8 Å². The SMILES string of the molecule is CC(=O)C(NC(=O)CSCC(=O)N(C)C)C(C)C. The first kappa shape index (κ1) is 17.0. The van der Waals surface area contributed by atoms with Crippen molar-refractivity contribution in [2.24, 2.45) is 5.92 Å². The Hall–Kier alpha value is -1.04. The molecule has 6 heteroatoms. The molecule has 0 saturated heterocycles. The molecule has 0 aliphatic carbocycles. The van der Waals surface area contributed by atoms with Crippen LogP contribution >= 0.6 is 11.8 Å². The van der Waals surface area contributed by atoms with E-state index in [1.807, 2.05) is 13.8 Å². The van der Waals surface area contributed by atoms with Gasteiger partial charge in [-0.15, -0.1) is 11.8 Å². The van der Waals surface area contributed by atoms with Gasteiger partial charge in [0.05, 0.1) is 17.5 Å². The lowest BCUT2D eigenvalue weighted by atomic mass is 10.0. The first-order valence-electron chi connectivity index (χ1n) is 5.83. The maximum absolute atomic E-state index is 11.6. The second kappa shape index (κ2) is 8.13. The zero-order chi connectivity index (χ0) is 14.3. The fourth-order valence-corrected chi connectivity index (χ4v) is 2.12. The monoisotopic (exact) mass is 274 g/mol. The van der Waals surface area contributed by atoms with Crippen LogP contribution in [0.2, 0.25) is 0 Å². The molecule has 0 aromatic carbocycles. The first-order chi connectivity index (χ1) is 8.25. The van der Waals surface area contributed by atoms with Crippen molar-refractivity contribution < 1.29 is 14.4 Å². The molecule has 2 amide bonds. The van der Waals surface area contributed by atoms with Gasteiger partial charge in [0.1, 0.15) is 0 Å². The molecule has 0 saturated carbocycles. The molecule has 18 heavy (non-hydrogen) atoms. The normalized spacial score (nSPS) is 12.1. The molecule has 0 aromatic rings. The molecule has 0 fully saturated rings. The molecule has 0 heterocycles. The van der Waals surface area contributed by atoms with Crippen molar-refractivity contribution >= 4 is 29.4 Å². The van der Waals surface area contributed by atoms with E-state index in [1.54, 1.807) is 14.1 Å². The summed E-state index contributed by atoms with van der Waals surface area (Å²) in [4.78, 5) is 35.7. The van der Waals surface area contributed by atoms with Gasteiger partial charge in [0.25, 0.3) is 0 Å². The van der Waals surface area contributed by atoms with E-state index in [0.29, 0.717) is 0 Å². The molecule has 0 radical (unpaired) electrons. The highest BCUT2D eigenvalue weighted by atomic mass is 32.2.